The maximum atomic E-state index is 11.4. The Bertz CT molecular complexity index is 467. The van der Waals surface area contributed by atoms with Crippen LogP contribution in [0.25, 0.3) is 0 Å². The molecule has 1 aromatic heterocycles. The summed E-state index contributed by atoms with van der Waals surface area (Å²) in [5, 5.41) is 13.0. The van der Waals surface area contributed by atoms with E-state index in [-0.39, 0.29) is 11.2 Å². The second kappa shape index (κ2) is 3.63. The van der Waals surface area contributed by atoms with Crippen LogP contribution in [-0.4, -0.2) is 15.7 Å². The molecule has 16 heavy (non-hydrogen) atoms. The maximum Gasteiger partial charge on any atom is 0.223 e. The molecule has 0 spiro atoms. The molecule has 0 saturated heterocycles. The molecule has 2 aliphatic rings. The molecule has 0 radical (unpaired) electrons. The average Bonchev–Trinajstić information content (AvgIpc) is 2.31. The Kier molecular flexibility index (Phi) is 2.24. The van der Waals surface area contributed by atoms with E-state index in [1.807, 2.05) is 0 Å². The van der Waals surface area contributed by atoms with Crippen LogP contribution in [0.1, 0.15) is 37.4 Å². The third-order valence-electron chi connectivity index (χ3n) is 3.78. The summed E-state index contributed by atoms with van der Waals surface area (Å²) in [6.45, 7) is 0.733. The first-order valence-electron chi connectivity index (χ1n) is 5.93. The standard InChI is InChI=1S/C12H16N2O2/c15-11-5-8-6-13-9-3-1-2-4-10(9)14(8)7-12(11)16/h5,7,9-10,13,16H,1-4,6H2/t9-,10-/m0/s1. The molecule has 2 heterocycles. The normalized spacial score (nSPS) is 28.2. The number of nitrogens with one attached hydrogen (secondary N) is 1. The molecule has 0 amide bonds. The number of fused-ring (bicyclic) bond motifs is 3. The van der Waals surface area contributed by atoms with Crippen LogP contribution in [0, 0.1) is 0 Å². The molecule has 0 bridgehead atoms. The first-order valence-corrected chi connectivity index (χ1v) is 5.93. The van der Waals surface area contributed by atoms with Crippen molar-refractivity contribution in [1.29, 1.82) is 0 Å². The summed E-state index contributed by atoms with van der Waals surface area (Å²) in [7, 11) is 0. The Labute approximate surface area is 93.9 Å². The summed E-state index contributed by atoms with van der Waals surface area (Å²) in [6.07, 6.45) is 6.44. The first-order chi connectivity index (χ1) is 7.75. The van der Waals surface area contributed by atoms with E-state index in [1.165, 1.54) is 19.3 Å². The molecule has 4 heteroatoms. The van der Waals surface area contributed by atoms with E-state index in [2.05, 4.69) is 9.88 Å². The topological polar surface area (TPSA) is 54.3 Å². The fraction of sp³-hybridized carbons (Fsp3) is 0.583. The number of pyridine rings is 1. The molecule has 2 N–H and O–H groups in total. The van der Waals surface area contributed by atoms with Crippen LogP contribution >= 0.6 is 0 Å². The zero-order valence-corrected chi connectivity index (χ0v) is 9.15. The second-order valence-corrected chi connectivity index (χ2v) is 4.76. The van der Waals surface area contributed by atoms with Gasteiger partial charge < -0.3 is 15.0 Å². The van der Waals surface area contributed by atoms with E-state index in [4.69, 9.17) is 0 Å². The summed E-state index contributed by atoms with van der Waals surface area (Å²) in [5.41, 5.74) is 0.716. The summed E-state index contributed by atoms with van der Waals surface area (Å²) < 4.78 is 2.09. The zero-order valence-electron chi connectivity index (χ0n) is 9.15. The van der Waals surface area contributed by atoms with E-state index in [0.717, 1.165) is 18.7 Å². The van der Waals surface area contributed by atoms with Crippen LogP contribution in [-0.2, 0) is 6.54 Å². The molecule has 1 fully saturated rings. The minimum Gasteiger partial charge on any atom is -0.503 e. The summed E-state index contributed by atoms with van der Waals surface area (Å²) in [6, 6.07) is 2.46. The van der Waals surface area contributed by atoms with Crippen molar-refractivity contribution in [1.82, 2.24) is 9.88 Å². The minimum atomic E-state index is -0.276. The Balaban J connectivity index is 2.07. The van der Waals surface area contributed by atoms with Crippen LogP contribution in [0.2, 0.25) is 0 Å². The van der Waals surface area contributed by atoms with Gasteiger partial charge in [-0.2, -0.15) is 0 Å². The highest BCUT2D eigenvalue weighted by atomic mass is 16.3. The SMILES string of the molecule is O=c1cc2n(cc1O)[C@H]1CCCC[C@@H]1NC2. The van der Waals surface area contributed by atoms with Crippen LogP contribution in [0.4, 0.5) is 0 Å². The number of hydrogen-bond acceptors (Lipinski definition) is 3. The van der Waals surface area contributed by atoms with Crippen molar-refractivity contribution in [3.63, 3.8) is 0 Å². The Morgan fingerprint density at radius 3 is 3.06 bits per heavy atom. The fourth-order valence-corrected chi connectivity index (χ4v) is 2.95. The second-order valence-electron chi connectivity index (χ2n) is 4.76. The molecular formula is C12H16N2O2. The van der Waals surface area contributed by atoms with Crippen LogP contribution in [0.15, 0.2) is 17.1 Å². The van der Waals surface area contributed by atoms with Crippen molar-refractivity contribution in [3.8, 4) is 5.75 Å². The first kappa shape index (κ1) is 9.90. The number of rotatable bonds is 0. The van der Waals surface area contributed by atoms with Gasteiger partial charge in [-0.3, -0.25) is 4.79 Å². The van der Waals surface area contributed by atoms with E-state index in [0.29, 0.717) is 12.1 Å². The summed E-state index contributed by atoms with van der Waals surface area (Å²) in [4.78, 5) is 11.4. The van der Waals surface area contributed by atoms with Crippen LogP contribution in [0.3, 0.4) is 0 Å². The van der Waals surface area contributed by atoms with Gasteiger partial charge in [0.1, 0.15) is 0 Å². The van der Waals surface area contributed by atoms with Crippen molar-refractivity contribution < 1.29 is 5.11 Å². The highest BCUT2D eigenvalue weighted by molar-refractivity contribution is 5.23. The predicted molar refractivity (Wildman–Crippen MR) is 60.5 cm³/mol. The monoisotopic (exact) mass is 220 g/mol. The lowest BCUT2D eigenvalue weighted by atomic mass is 9.88. The Morgan fingerprint density at radius 1 is 1.38 bits per heavy atom. The maximum absolute atomic E-state index is 11.4. The van der Waals surface area contributed by atoms with Gasteiger partial charge in [0.05, 0.1) is 6.20 Å². The summed E-state index contributed by atoms with van der Waals surface area (Å²) in [5.74, 6) is -0.130. The largest absolute Gasteiger partial charge is 0.503 e. The van der Waals surface area contributed by atoms with Crippen molar-refractivity contribution >= 4 is 0 Å². The van der Waals surface area contributed by atoms with E-state index >= 15 is 0 Å². The van der Waals surface area contributed by atoms with Crippen molar-refractivity contribution in [2.24, 2.45) is 0 Å². The van der Waals surface area contributed by atoms with Crippen molar-refractivity contribution in [2.45, 2.75) is 44.3 Å². The lowest BCUT2D eigenvalue weighted by Crippen LogP contribution is -2.45. The smallest absolute Gasteiger partial charge is 0.223 e. The van der Waals surface area contributed by atoms with Gasteiger partial charge in [0.15, 0.2) is 5.75 Å². The van der Waals surface area contributed by atoms with E-state index in [1.54, 1.807) is 12.3 Å². The molecule has 1 aliphatic heterocycles. The number of hydrogen-bond donors (Lipinski definition) is 2. The predicted octanol–water partition coefficient (Wildman–Crippen LogP) is 1.14. The molecule has 86 valence electrons. The highest BCUT2D eigenvalue weighted by Crippen LogP contribution is 2.32. The fourth-order valence-electron chi connectivity index (χ4n) is 2.95. The molecule has 1 aromatic rings. The Morgan fingerprint density at radius 2 is 2.19 bits per heavy atom. The van der Waals surface area contributed by atoms with Crippen LogP contribution in [0.5, 0.6) is 5.75 Å². The summed E-state index contributed by atoms with van der Waals surface area (Å²) >= 11 is 0. The molecule has 0 aromatic carbocycles. The molecule has 4 nitrogen and oxygen atoms in total. The van der Waals surface area contributed by atoms with E-state index in [9.17, 15) is 9.90 Å². The molecule has 1 saturated carbocycles. The minimum absolute atomic E-state index is 0.130. The van der Waals surface area contributed by atoms with Gasteiger partial charge in [-0.15, -0.1) is 0 Å². The number of aromatic hydroxyl groups is 1. The van der Waals surface area contributed by atoms with Gasteiger partial charge in [0.2, 0.25) is 5.43 Å². The van der Waals surface area contributed by atoms with Crippen molar-refractivity contribution in [3.05, 3.63) is 28.2 Å². The van der Waals surface area contributed by atoms with Crippen molar-refractivity contribution in [2.75, 3.05) is 0 Å². The average molecular weight is 220 g/mol. The highest BCUT2D eigenvalue weighted by Gasteiger charge is 2.30. The van der Waals surface area contributed by atoms with Gasteiger partial charge in [-0.1, -0.05) is 12.8 Å². The molecule has 0 unspecified atom stereocenters. The third kappa shape index (κ3) is 1.45. The molecule has 3 rings (SSSR count). The van der Waals surface area contributed by atoms with Gasteiger partial charge in [0, 0.05) is 30.4 Å². The zero-order chi connectivity index (χ0) is 11.1. The van der Waals surface area contributed by atoms with Crippen LogP contribution < -0.4 is 10.7 Å². The van der Waals surface area contributed by atoms with Gasteiger partial charge in [-0.25, -0.2) is 0 Å². The lowest BCUT2D eigenvalue weighted by Gasteiger charge is -2.39. The number of nitrogens with zero attached hydrogens (tertiary/aromatic N) is 1. The molecular weight excluding hydrogens is 204 g/mol. The van der Waals surface area contributed by atoms with Gasteiger partial charge in [-0.05, 0) is 12.8 Å². The van der Waals surface area contributed by atoms with Gasteiger partial charge in [0.25, 0.3) is 0 Å². The number of aromatic nitrogens is 1. The van der Waals surface area contributed by atoms with Gasteiger partial charge >= 0.3 is 0 Å². The van der Waals surface area contributed by atoms with E-state index < -0.39 is 0 Å². The molecule has 2 atom stereocenters. The Hall–Kier alpha value is -1.29. The quantitative estimate of drug-likeness (QED) is 0.689. The lowest BCUT2D eigenvalue weighted by molar-refractivity contribution is 0.226. The third-order valence-corrected chi connectivity index (χ3v) is 3.78. The molecule has 1 aliphatic carbocycles.